The highest BCUT2D eigenvalue weighted by molar-refractivity contribution is 5.67. The van der Waals surface area contributed by atoms with Crippen LogP contribution < -0.4 is 0 Å². The van der Waals surface area contributed by atoms with Crippen LogP contribution >= 0.6 is 0 Å². The van der Waals surface area contributed by atoms with Crippen molar-refractivity contribution in [3.8, 4) is 0 Å². The molecule has 1 heterocycles. The molecular weight excluding hydrogens is 228 g/mol. The highest BCUT2D eigenvalue weighted by Crippen LogP contribution is 2.23. The zero-order valence-electron chi connectivity index (χ0n) is 10.5. The molecule has 0 amide bonds. The molecule has 1 saturated heterocycles. The summed E-state index contributed by atoms with van der Waals surface area (Å²) in [6.45, 7) is 4.66. The molecule has 98 valence electrons. The third-order valence-electron chi connectivity index (χ3n) is 2.58. The maximum Gasteiger partial charge on any atom is 0.303 e. The van der Waals surface area contributed by atoms with E-state index in [2.05, 4.69) is 0 Å². The van der Waals surface area contributed by atoms with Crippen LogP contribution in [0.5, 0.6) is 0 Å². The van der Waals surface area contributed by atoms with Crippen molar-refractivity contribution in [2.45, 2.75) is 45.2 Å². The molecule has 6 nitrogen and oxygen atoms in total. The standard InChI is InChI=1S/C11H18O6/c1-6-10(16-7(2)12)11(17-8(3)13)9(14-4)5-15-6/h6,9-11H,5H2,1-4H3. The van der Waals surface area contributed by atoms with Crippen molar-refractivity contribution in [1.82, 2.24) is 0 Å². The molecule has 6 heteroatoms. The summed E-state index contributed by atoms with van der Waals surface area (Å²) < 4.78 is 20.9. The van der Waals surface area contributed by atoms with Gasteiger partial charge in [0, 0.05) is 21.0 Å². The number of rotatable bonds is 3. The Hall–Kier alpha value is -1.14. The Balaban J connectivity index is 2.82. The fourth-order valence-electron chi connectivity index (χ4n) is 1.81. The molecule has 0 aromatic rings. The minimum absolute atomic E-state index is 0.299. The number of carbonyl (C=O) groups is 2. The molecule has 4 atom stereocenters. The average molecular weight is 246 g/mol. The van der Waals surface area contributed by atoms with Crippen LogP contribution in [0, 0.1) is 0 Å². The Morgan fingerprint density at radius 3 is 2.12 bits per heavy atom. The molecule has 0 saturated carbocycles. The van der Waals surface area contributed by atoms with E-state index in [1.165, 1.54) is 21.0 Å². The van der Waals surface area contributed by atoms with Gasteiger partial charge in [-0.3, -0.25) is 9.59 Å². The summed E-state index contributed by atoms with van der Waals surface area (Å²) in [4.78, 5) is 22.1. The molecule has 4 unspecified atom stereocenters. The van der Waals surface area contributed by atoms with Gasteiger partial charge in [0.1, 0.15) is 6.10 Å². The number of hydrogen-bond donors (Lipinski definition) is 0. The lowest BCUT2D eigenvalue weighted by Crippen LogP contribution is -2.55. The van der Waals surface area contributed by atoms with Gasteiger partial charge in [0.15, 0.2) is 12.2 Å². The van der Waals surface area contributed by atoms with E-state index >= 15 is 0 Å². The summed E-state index contributed by atoms with van der Waals surface area (Å²) in [6.07, 6.45) is -2.05. The fraction of sp³-hybridized carbons (Fsp3) is 0.818. The van der Waals surface area contributed by atoms with Gasteiger partial charge in [-0.15, -0.1) is 0 Å². The second-order valence-corrected chi connectivity index (χ2v) is 3.96. The summed E-state index contributed by atoms with van der Waals surface area (Å²) in [5.41, 5.74) is 0. The van der Waals surface area contributed by atoms with E-state index in [0.717, 1.165) is 0 Å². The molecule has 1 rings (SSSR count). The first-order valence-corrected chi connectivity index (χ1v) is 5.44. The van der Waals surface area contributed by atoms with Crippen molar-refractivity contribution in [2.24, 2.45) is 0 Å². The van der Waals surface area contributed by atoms with Gasteiger partial charge in [-0.1, -0.05) is 0 Å². The highest BCUT2D eigenvalue weighted by atomic mass is 16.6. The first kappa shape index (κ1) is 13.9. The SMILES string of the molecule is COC1COC(C)C(OC(C)=O)C1OC(C)=O. The van der Waals surface area contributed by atoms with Gasteiger partial charge in [0.25, 0.3) is 0 Å². The summed E-state index contributed by atoms with van der Waals surface area (Å²) in [6, 6.07) is 0. The highest BCUT2D eigenvalue weighted by Gasteiger charge is 2.43. The predicted octanol–water partition coefficient (Wildman–Crippen LogP) is 0.283. The lowest BCUT2D eigenvalue weighted by molar-refractivity contribution is -0.219. The number of esters is 2. The van der Waals surface area contributed by atoms with Crippen LogP contribution in [0.15, 0.2) is 0 Å². The molecule has 0 bridgehead atoms. The number of ether oxygens (including phenoxy) is 4. The van der Waals surface area contributed by atoms with Crippen LogP contribution in [-0.2, 0) is 28.5 Å². The molecule has 17 heavy (non-hydrogen) atoms. The average Bonchev–Trinajstić information content (AvgIpc) is 2.22. The van der Waals surface area contributed by atoms with Crippen LogP contribution in [0.25, 0.3) is 0 Å². The van der Waals surface area contributed by atoms with E-state index in [4.69, 9.17) is 18.9 Å². The lowest BCUT2D eigenvalue weighted by Gasteiger charge is -2.39. The minimum Gasteiger partial charge on any atom is -0.456 e. The molecule has 0 aliphatic carbocycles. The molecule has 1 aliphatic rings. The summed E-state index contributed by atoms with van der Waals surface area (Å²) in [5.74, 6) is -0.886. The van der Waals surface area contributed by atoms with Gasteiger partial charge >= 0.3 is 11.9 Å². The van der Waals surface area contributed by atoms with Crippen molar-refractivity contribution in [3.05, 3.63) is 0 Å². The topological polar surface area (TPSA) is 71.1 Å². The molecule has 0 N–H and O–H groups in total. The van der Waals surface area contributed by atoms with Gasteiger partial charge in [-0.25, -0.2) is 0 Å². The van der Waals surface area contributed by atoms with Gasteiger partial charge in [0.2, 0.25) is 0 Å². The molecule has 0 aromatic heterocycles. The van der Waals surface area contributed by atoms with E-state index < -0.39 is 30.3 Å². The lowest BCUT2D eigenvalue weighted by atomic mass is 10.0. The number of hydrogen-bond acceptors (Lipinski definition) is 6. The second kappa shape index (κ2) is 5.97. The van der Waals surface area contributed by atoms with Crippen molar-refractivity contribution in [1.29, 1.82) is 0 Å². The Kier molecular flexibility index (Phi) is 4.89. The van der Waals surface area contributed by atoms with E-state index in [9.17, 15) is 9.59 Å². The molecular formula is C11H18O6. The minimum atomic E-state index is -0.643. The zero-order chi connectivity index (χ0) is 13.0. The quantitative estimate of drug-likeness (QED) is 0.666. The van der Waals surface area contributed by atoms with Crippen LogP contribution in [0.1, 0.15) is 20.8 Å². The van der Waals surface area contributed by atoms with Crippen molar-refractivity contribution in [3.63, 3.8) is 0 Å². The van der Waals surface area contributed by atoms with Crippen LogP contribution in [0.3, 0.4) is 0 Å². The van der Waals surface area contributed by atoms with Gasteiger partial charge in [-0.05, 0) is 6.92 Å². The third kappa shape index (κ3) is 3.67. The monoisotopic (exact) mass is 246 g/mol. The maximum atomic E-state index is 11.1. The first-order chi connectivity index (χ1) is 7.95. The van der Waals surface area contributed by atoms with E-state index in [-0.39, 0.29) is 6.10 Å². The van der Waals surface area contributed by atoms with E-state index in [1.807, 2.05) is 0 Å². The fourth-order valence-corrected chi connectivity index (χ4v) is 1.81. The maximum absolute atomic E-state index is 11.1. The first-order valence-electron chi connectivity index (χ1n) is 5.44. The van der Waals surface area contributed by atoms with Gasteiger partial charge < -0.3 is 18.9 Å². The van der Waals surface area contributed by atoms with Gasteiger partial charge in [-0.2, -0.15) is 0 Å². The molecule has 0 radical (unpaired) electrons. The van der Waals surface area contributed by atoms with Crippen molar-refractivity contribution < 1.29 is 28.5 Å². The van der Waals surface area contributed by atoms with Crippen LogP contribution in [0.4, 0.5) is 0 Å². The third-order valence-corrected chi connectivity index (χ3v) is 2.58. The van der Waals surface area contributed by atoms with Gasteiger partial charge in [0.05, 0.1) is 12.7 Å². The normalized spacial score (nSPS) is 32.9. The van der Waals surface area contributed by atoms with E-state index in [0.29, 0.717) is 6.61 Å². The van der Waals surface area contributed by atoms with Crippen molar-refractivity contribution >= 4 is 11.9 Å². The van der Waals surface area contributed by atoms with Crippen LogP contribution in [-0.4, -0.2) is 50.1 Å². The largest absolute Gasteiger partial charge is 0.456 e. The predicted molar refractivity (Wildman–Crippen MR) is 57.3 cm³/mol. The Morgan fingerprint density at radius 2 is 1.65 bits per heavy atom. The Morgan fingerprint density at radius 1 is 1.12 bits per heavy atom. The Bertz CT molecular complexity index is 290. The summed E-state index contributed by atoms with van der Waals surface area (Å²) >= 11 is 0. The summed E-state index contributed by atoms with van der Waals surface area (Å²) in [5, 5.41) is 0. The number of methoxy groups -OCH3 is 1. The Labute approximate surface area is 100 Å². The molecule has 1 aliphatic heterocycles. The van der Waals surface area contributed by atoms with Crippen LogP contribution in [0.2, 0.25) is 0 Å². The summed E-state index contributed by atoms with van der Waals surface area (Å²) in [7, 11) is 1.49. The molecule has 0 spiro atoms. The smallest absolute Gasteiger partial charge is 0.303 e. The van der Waals surface area contributed by atoms with E-state index in [1.54, 1.807) is 6.92 Å². The zero-order valence-corrected chi connectivity index (χ0v) is 10.5. The number of carbonyl (C=O) groups excluding carboxylic acids is 2. The molecule has 1 fully saturated rings. The second-order valence-electron chi connectivity index (χ2n) is 3.96. The van der Waals surface area contributed by atoms with Crippen molar-refractivity contribution in [2.75, 3.05) is 13.7 Å². The molecule has 0 aromatic carbocycles.